The van der Waals surface area contributed by atoms with Crippen molar-refractivity contribution >= 4 is 5.91 Å². The average Bonchev–Trinajstić information content (AvgIpc) is 2.28. The monoisotopic (exact) mass is 226 g/mol. The van der Waals surface area contributed by atoms with Crippen LogP contribution in [0, 0.1) is 0 Å². The molecule has 92 valence electrons. The minimum Gasteiger partial charge on any atom is -0.372 e. The van der Waals surface area contributed by atoms with Crippen molar-refractivity contribution in [1.82, 2.24) is 10.2 Å². The molecule has 1 amide bonds. The van der Waals surface area contributed by atoms with Gasteiger partial charge in [0.05, 0.1) is 18.2 Å². The summed E-state index contributed by atoms with van der Waals surface area (Å²) in [6, 6.07) is 0.0441. The highest BCUT2D eigenvalue weighted by Gasteiger charge is 2.33. The molecule has 2 aliphatic rings. The second-order valence-electron chi connectivity index (χ2n) is 5.37. The van der Waals surface area contributed by atoms with Crippen molar-refractivity contribution in [2.75, 3.05) is 26.2 Å². The molecule has 0 spiro atoms. The van der Waals surface area contributed by atoms with E-state index in [0.29, 0.717) is 13.2 Å². The summed E-state index contributed by atoms with van der Waals surface area (Å²) in [5, 5.41) is 3.31. The van der Waals surface area contributed by atoms with Gasteiger partial charge in [-0.05, 0) is 33.2 Å². The highest BCUT2D eigenvalue weighted by Crippen LogP contribution is 2.18. The zero-order valence-electron chi connectivity index (χ0n) is 10.3. The highest BCUT2D eigenvalue weighted by molar-refractivity contribution is 5.82. The number of rotatable bonds is 1. The first-order chi connectivity index (χ1) is 7.58. The van der Waals surface area contributed by atoms with E-state index in [1.807, 2.05) is 18.7 Å². The lowest BCUT2D eigenvalue weighted by Gasteiger charge is -2.40. The Hall–Kier alpha value is -0.610. The third-order valence-electron chi connectivity index (χ3n) is 3.35. The zero-order valence-corrected chi connectivity index (χ0v) is 10.3. The van der Waals surface area contributed by atoms with Crippen LogP contribution in [-0.4, -0.2) is 48.7 Å². The quantitative estimate of drug-likeness (QED) is 0.718. The average molecular weight is 226 g/mol. The van der Waals surface area contributed by atoms with Crippen LogP contribution in [-0.2, 0) is 9.53 Å². The van der Waals surface area contributed by atoms with Crippen molar-refractivity contribution < 1.29 is 9.53 Å². The van der Waals surface area contributed by atoms with Gasteiger partial charge in [0.2, 0.25) is 5.91 Å². The summed E-state index contributed by atoms with van der Waals surface area (Å²) in [6.07, 6.45) is 3.34. The Morgan fingerprint density at radius 2 is 2.25 bits per heavy atom. The molecule has 2 heterocycles. The molecule has 16 heavy (non-hydrogen) atoms. The number of carbonyl (C=O) groups is 1. The fourth-order valence-electron chi connectivity index (χ4n) is 2.49. The van der Waals surface area contributed by atoms with Gasteiger partial charge in [0.1, 0.15) is 0 Å². The Balaban J connectivity index is 1.93. The van der Waals surface area contributed by atoms with E-state index in [1.165, 1.54) is 6.42 Å². The third-order valence-corrected chi connectivity index (χ3v) is 3.35. The third kappa shape index (κ3) is 2.74. The lowest BCUT2D eigenvalue weighted by molar-refractivity contribution is -0.148. The first-order valence-electron chi connectivity index (χ1n) is 6.25. The fraction of sp³-hybridized carbons (Fsp3) is 0.917. The molecule has 0 aromatic rings. The maximum atomic E-state index is 12.2. The molecule has 2 saturated heterocycles. The topological polar surface area (TPSA) is 41.6 Å². The van der Waals surface area contributed by atoms with Crippen molar-refractivity contribution in [2.45, 2.75) is 44.8 Å². The summed E-state index contributed by atoms with van der Waals surface area (Å²) < 4.78 is 5.62. The van der Waals surface area contributed by atoms with Crippen molar-refractivity contribution in [1.29, 1.82) is 0 Å². The smallest absolute Gasteiger partial charge is 0.239 e. The molecule has 4 nitrogen and oxygen atoms in total. The normalized spacial score (nSPS) is 30.1. The van der Waals surface area contributed by atoms with Crippen molar-refractivity contribution in [3.63, 3.8) is 0 Å². The number of piperidine rings is 1. The summed E-state index contributed by atoms with van der Waals surface area (Å²) in [6.45, 7) is 7.17. The van der Waals surface area contributed by atoms with E-state index in [2.05, 4.69) is 5.32 Å². The number of nitrogens with zero attached hydrogens (tertiary/aromatic N) is 1. The maximum Gasteiger partial charge on any atom is 0.239 e. The van der Waals surface area contributed by atoms with E-state index in [1.54, 1.807) is 0 Å². The molecular formula is C12H22N2O2. The van der Waals surface area contributed by atoms with Gasteiger partial charge in [-0.1, -0.05) is 6.42 Å². The summed E-state index contributed by atoms with van der Waals surface area (Å²) >= 11 is 0. The second-order valence-corrected chi connectivity index (χ2v) is 5.37. The molecule has 0 radical (unpaired) electrons. The number of carbonyl (C=O) groups excluding carboxylic acids is 1. The van der Waals surface area contributed by atoms with Crippen molar-refractivity contribution in [2.24, 2.45) is 0 Å². The van der Waals surface area contributed by atoms with E-state index in [4.69, 9.17) is 4.74 Å². The summed E-state index contributed by atoms with van der Waals surface area (Å²) in [4.78, 5) is 14.2. The predicted molar refractivity (Wildman–Crippen MR) is 62.3 cm³/mol. The first-order valence-corrected chi connectivity index (χ1v) is 6.25. The van der Waals surface area contributed by atoms with Crippen LogP contribution in [0.15, 0.2) is 0 Å². The van der Waals surface area contributed by atoms with Gasteiger partial charge in [-0.25, -0.2) is 0 Å². The van der Waals surface area contributed by atoms with Gasteiger partial charge in [-0.2, -0.15) is 0 Å². The molecule has 0 bridgehead atoms. The second kappa shape index (κ2) is 4.72. The van der Waals surface area contributed by atoms with Crippen LogP contribution in [0.1, 0.15) is 33.1 Å². The standard InChI is InChI=1S/C12H22N2O2/c1-12(2)9-14(7-8-16-12)11(15)10-5-3-4-6-13-10/h10,13H,3-9H2,1-2H3/t10-/m0/s1. The Morgan fingerprint density at radius 1 is 1.44 bits per heavy atom. The summed E-state index contributed by atoms with van der Waals surface area (Å²) in [7, 11) is 0. The molecule has 0 aromatic heterocycles. The van der Waals surface area contributed by atoms with Gasteiger partial charge in [-0.3, -0.25) is 4.79 Å². The van der Waals surface area contributed by atoms with Gasteiger partial charge >= 0.3 is 0 Å². The molecule has 0 aromatic carbocycles. The Kier molecular flexibility index (Phi) is 3.50. The van der Waals surface area contributed by atoms with Crippen molar-refractivity contribution in [3.05, 3.63) is 0 Å². The largest absolute Gasteiger partial charge is 0.372 e. The molecular weight excluding hydrogens is 204 g/mol. The van der Waals surface area contributed by atoms with Crippen molar-refractivity contribution in [3.8, 4) is 0 Å². The SMILES string of the molecule is CC1(C)CN(C(=O)[C@@H]2CCCCN2)CCO1. The van der Waals surface area contributed by atoms with Gasteiger partial charge in [0.25, 0.3) is 0 Å². The van der Waals surface area contributed by atoms with Crippen LogP contribution in [0.5, 0.6) is 0 Å². The van der Waals surface area contributed by atoms with Gasteiger partial charge in [0.15, 0.2) is 0 Å². The van der Waals surface area contributed by atoms with Crippen LogP contribution in [0.3, 0.4) is 0 Å². The highest BCUT2D eigenvalue weighted by atomic mass is 16.5. The minimum absolute atomic E-state index is 0.0441. The number of morpholine rings is 1. The minimum atomic E-state index is -0.192. The molecule has 2 aliphatic heterocycles. The Morgan fingerprint density at radius 3 is 2.88 bits per heavy atom. The summed E-state index contributed by atoms with van der Waals surface area (Å²) in [5.41, 5.74) is -0.192. The van der Waals surface area contributed by atoms with Gasteiger partial charge in [-0.15, -0.1) is 0 Å². The Bertz CT molecular complexity index is 260. The molecule has 4 heteroatoms. The van der Waals surface area contributed by atoms with Crippen LogP contribution in [0.25, 0.3) is 0 Å². The number of ether oxygens (including phenoxy) is 1. The molecule has 0 unspecified atom stereocenters. The van der Waals surface area contributed by atoms with Crippen LogP contribution in [0.4, 0.5) is 0 Å². The van der Waals surface area contributed by atoms with Gasteiger partial charge < -0.3 is 15.0 Å². The van der Waals surface area contributed by atoms with E-state index in [9.17, 15) is 4.79 Å². The molecule has 1 atom stereocenters. The van der Waals surface area contributed by atoms with Gasteiger partial charge in [0, 0.05) is 13.1 Å². The maximum absolute atomic E-state index is 12.2. The van der Waals surface area contributed by atoms with E-state index in [0.717, 1.165) is 25.9 Å². The number of hydrogen-bond acceptors (Lipinski definition) is 3. The van der Waals surface area contributed by atoms with E-state index in [-0.39, 0.29) is 17.6 Å². The predicted octanol–water partition coefficient (Wildman–Crippen LogP) is 0.766. The first kappa shape index (κ1) is 11.9. The summed E-state index contributed by atoms with van der Waals surface area (Å²) in [5.74, 6) is 0.260. The van der Waals surface area contributed by atoms with Crippen LogP contribution >= 0.6 is 0 Å². The molecule has 2 rings (SSSR count). The molecule has 0 saturated carbocycles. The zero-order chi connectivity index (χ0) is 11.6. The van der Waals surface area contributed by atoms with E-state index < -0.39 is 0 Å². The number of amides is 1. The lowest BCUT2D eigenvalue weighted by atomic mass is 10.0. The number of nitrogens with one attached hydrogen (secondary N) is 1. The van der Waals surface area contributed by atoms with Crippen LogP contribution in [0.2, 0.25) is 0 Å². The molecule has 0 aliphatic carbocycles. The lowest BCUT2D eigenvalue weighted by Crippen LogP contribution is -2.56. The molecule has 1 N–H and O–H groups in total. The van der Waals surface area contributed by atoms with E-state index >= 15 is 0 Å². The Labute approximate surface area is 97.3 Å². The van der Waals surface area contributed by atoms with Crippen LogP contribution < -0.4 is 5.32 Å². The fourth-order valence-corrected chi connectivity index (χ4v) is 2.49. The molecule has 2 fully saturated rings. The number of hydrogen-bond donors (Lipinski definition) is 1.